The van der Waals surface area contributed by atoms with Crippen LogP contribution in [0.15, 0.2) is 91.0 Å². The molecule has 0 fully saturated rings. The first-order valence-electron chi connectivity index (χ1n) is 10.5. The average Bonchev–Trinajstić information content (AvgIpc) is 2.83. The third-order valence-electron chi connectivity index (χ3n) is 4.80. The third kappa shape index (κ3) is 6.80. The van der Waals surface area contributed by atoms with Gasteiger partial charge in [-0.15, -0.1) is 0 Å². The van der Waals surface area contributed by atoms with E-state index in [9.17, 15) is 14.4 Å². The van der Waals surface area contributed by atoms with E-state index in [0.29, 0.717) is 17.5 Å². The van der Waals surface area contributed by atoms with Crippen molar-refractivity contribution in [3.8, 4) is 0 Å². The van der Waals surface area contributed by atoms with Crippen LogP contribution in [0, 0.1) is 0 Å². The van der Waals surface area contributed by atoms with E-state index in [2.05, 4.69) is 10.6 Å². The van der Waals surface area contributed by atoms with Crippen LogP contribution < -0.4 is 10.6 Å². The second-order valence-electron chi connectivity index (χ2n) is 7.45. The molecular weight excluding hydrogens is 404 g/mol. The van der Waals surface area contributed by atoms with Crippen LogP contribution in [0.2, 0.25) is 0 Å². The van der Waals surface area contributed by atoms with E-state index in [1.165, 1.54) is 0 Å². The van der Waals surface area contributed by atoms with Gasteiger partial charge in [0.25, 0.3) is 11.8 Å². The first-order valence-corrected chi connectivity index (χ1v) is 10.5. The normalized spacial score (nSPS) is 12.3. The maximum Gasteiger partial charge on any atom is 0.329 e. The van der Waals surface area contributed by atoms with Gasteiger partial charge in [0, 0.05) is 17.5 Å². The lowest BCUT2D eigenvalue weighted by molar-refractivity contribution is -0.146. The van der Waals surface area contributed by atoms with Crippen LogP contribution in [0.25, 0.3) is 0 Å². The highest BCUT2D eigenvalue weighted by molar-refractivity contribution is 5.97. The van der Waals surface area contributed by atoms with Gasteiger partial charge in [-0.2, -0.15) is 0 Å². The minimum Gasteiger partial charge on any atom is -0.462 e. The topological polar surface area (TPSA) is 84.5 Å². The van der Waals surface area contributed by atoms with E-state index in [-0.39, 0.29) is 18.4 Å². The van der Waals surface area contributed by atoms with Crippen LogP contribution in [-0.2, 0) is 16.0 Å². The van der Waals surface area contributed by atoms with E-state index >= 15 is 0 Å². The molecule has 164 valence electrons. The largest absolute Gasteiger partial charge is 0.462 e. The summed E-state index contributed by atoms with van der Waals surface area (Å²) >= 11 is 0. The molecule has 0 aliphatic carbocycles. The predicted octanol–water partition coefficient (Wildman–Crippen LogP) is 3.39. The Bertz CT molecular complexity index is 1020. The third-order valence-corrected chi connectivity index (χ3v) is 4.80. The highest BCUT2D eigenvalue weighted by Gasteiger charge is 2.24. The molecule has 0 aliphatic heterocycles. The van der Waals surface area contributed by atoms with Crippen molar-refractivity contribution >= 4 is 17.8 Å². The van der Waals surface area contributed by atoms with Crippen molar-refractivity contribution in [3.05, 3.63) is 108 Å². The van der Waals surface area contributed by atoms with Gasteiger partial charge in [0.1, 0.15) is 12.6 Å². The standard InChI is InChI=1S/C26H26N2O4/c1-19(27-24(29)21-13-7-3-8-14-21)18-32-26(31)23(17-20-11-5-2-6-12-20)28-25(30)22-15-9-4-10-16-22/h2-16,19,23H,17-18H2,1H3,(H,27,29)(H,28,30)/t19-,23+/m0/s1. The van der Waals surface area contributed by atoms with Gasteiger partial charge in [-0.25, -0.2) is 4.79 Å². The Morgan fingerprint density at radius 3 is 1.72 bits per heavy atom. The van der Waals surface area contributed by atoms with Gasteiger partial charge in [0.15, 0.2) is 0 Å². The van der Waals surface area contributed by atoms with Crippen molar-refractivity contribution in [1.29, 1.82) is 0 Å². The number of hydrogen-bond acceptors (Lipinski definition) is 4. The number of carbonyl (C=O) groups is 3. The molecule has 2 atom stereocenters. The van der Waals surface area contributed by atoms with Crippen molar-refractivity contribution in [2.24, 2.45) is 0 Å². The van der Waals surface area contributed by atoms with Crippen LogP contribution >= 0.6 is 0 Å². The fourth-order valence-corrected chi connectivity index (χ4v) is 3.12. The average molecular weight is 431 g/mol. The zero-order chi connectivity index (χ0) is 22.8. The summed E-state index contributed by atoms with van der Waals surface area (Å²) in [4.78, 5) is 37.7. The lowest BCUT2D eigenvalue weighted by Crippen LogP contribution is -2.45. The first kappa shape index (κ1) is 22.7. The van der Waals surface area contributed by atoms with Gasteiger partial charge in [-0.1, -0.05) is 66.7 Å². The zero-order valence-corrected chi connectivity index (χ0v) is 17.9. The number of esters is 1. The minimum absolute atomic E-state index is 0.0100. The Kier molecular flexibility index (Phi) is 8.15. The van der Waals surface area contributed by atoms with Gasteiger partial charge in [-0.3, -0.25) is 9.59 Å². The molecule has 2 N–H and O–H groups in total. The molecule has 3 rings (SSSR count). The summed E-state index contributed by atoms with van der Waals surface area (Å²) in [5, 5.41) is 5.57. The highest BCUT2D eigenvalue weighted by Crippen LogP contribution is 2.07. The Labute approximate surface area is 187 Å². The Balaban J connectivity index is 1.61. The molecule has 0 aliphatic rings. The van der Waals surface area contributed by atoms with Crippen LogP contribution in [0.5, 0.6) is 0 Å². The van der Waals surface area contributed by atoms with E-state index < -0.39 is 18.1 Å². The van der Waals surface area contributed by atoms with E-state index in [1.807, 2.05) is 42.5 Å². The SMILES string of the molecule is C[C@@H](COC(=O)[C@@H](Cc1ccccc1)NC(=O)c1ccccc1)NC(=O)c1ccccc1. The molecule has 0 spiro atoms. The summed E-state index contributed by atoms with van der Waals surface area (Å²) < 4.78 is 5.44. The summed E-state index contributed by atoms with van der Waals surface area (Å²) in [6, 6.07) is 25.7. The molecular formula is C26H26N2O4. The number of nitrogens with one attached hydrogen (secondary N) is 2. The molecule has 6 nitrogen and oxygen atoms in total. The number of carbonyl (C=O) groups excluding carboxylic acids is 3. The molecule has 0 aromatic heterocycles. The molecule has 0 heterocycles. The second-order valence-corrected chi connectivity index (χ2v) is 7.45. The molecule has 3 aromatic rings. The Morgan fingerprint density at radius 2 is 1.19 bits per heavy atom. The fraction of sp³-hybridized carbons (Fsp3) is 0.192. The van der Waals surface area contributed by atoms with Gasteiger partial charge in [0.2, 0.25) is 0 Å². The maximum atomic E-state index is 12.8. The molecule has 0 bridgehead atoms. The smallest absolute Gasteiger partial charge is 0.329 e. The number of amides is 2. The van der Waals surface area contributed by atoms with Crippen LogP contribution in [0.4, 0.5) is 0 Å². The summed E-state index contributed by atoms with van der Waals surface area (Å²) in [6.45, 7) is 1.74. The van der Waals surface area contributed by atoms with Gasteiger partial charge in [0.05, 0.1) is 6.04 Å². The fourth-order valence-electron chi connectivity index (χ4n) is 3.12. The monoisotopic (exact) mass is 430 g/mol. The van der Waals surface area contributed by atoms with E-state index in [0.717, 1.165) is 5.56 Å². The van der Waals surface area contributed by atoms with Crippen molar-refractivity contribution < 1.29 is 19.1 Å². The summed E-state index contributed by atoms with van der Waals surface area (Å²) in [6.07, 6.45) is 0.295. The maximum absolute atomic E-state index is 12.8. The Hall–Kier alpha value is -3.93. The number of ether oxygens (including phenoxy) is 1. The number of hydrogen-bond donors (Lipinski definition) is 2. The molecule has 6 heteroatoms. The number of rotatable bonds is 9. The summed E-state index contributed by atoms with van der Waals surface area (Å²) in [7, 11) is 0. The molecule has 0 saturated heterocycles. The van der Waals surface area contributed by atoms with E-state index in [1.54, 1.807) is 55.5 Å². The summed E-state index contributed by atoms with van der Waals surface area (Å²) in [5.74, 6) is -1.15. The van der Waals surface area contributed by atoms with Crippen molar-refractivity contribution in [2.45, 2.75) is 25.4 Å². The van der Waals surface area contributed by atoms with E-state index in [4.69, 9.17) is 4.74 Å². The second kappa shape index (κ2) is 11.5. The molecule has 3 aromatic carbocycles. The first-order chi connectivity index (χ1) is 15.5. The lowest BCUT2D eigenvalue weighted by atomic mass is 10.1. The van der Waals surface area contributed by atoms with Gasteiger partial charge < -0.3 is 15.4 Å². The minimum atomic E-state index is -0.859. The van der Waals surface area contributed by atoms with Gasteiger partial charge in [-0.05, 0) is 36.8 Å². The quantitative estimate of drug-likeness (QED) is 0.510. The molecule has 2 amide bonds. The molecule has 0 unspecified atom stereocenters. The summed E-state index contributed by atoms with van der Waals surface area (Å²) in [5.41, 5.74) is 1.89. The highest BCUT2D eigenvalue weighted by atomic mass is 16.5. The van der Waals surface area contributed by atoms with Crippen molar-refractivity contribution in [1.82, 2.24) is 10.6 Å². The Morgan fingerprint density at radius 1 is 0.719 bits per heavy atom. The zero-order valence-electron chi connectivity index (χ0n) is 17.9. The lowest BCUT2D eigenvalue weighted by Gasteiger charge is -2.20. The van der Waals surface area contributed by atoms with Crippen LogP contribution in [0.3, 0.4) is 0 Å². The molecule has 32 heavy (non-hydrogen) atoms. The predicted molar refractivity (Wildman–Crippen MR) is 122 cm³/mol. The van der Waals surface area contributed by atoms with Crippen LogP contribution in [0.1, 0.15) is 33.2 Å². The van der Waals surface area contributed by atoms with Crippen LogP contribution in [-0.4, -0.2) is 36.5 Å². The molecule has 0 radical (unpaired) electrons. The van der Waals surface area contributed by atoms with Gasteiger partial charge >= 0.3 is 5.97 Å². The van der Waals surface area contributed by atoms with Crippen molar-refractivity contribution in [3.63, 3.8) is 0 Å². The molecule has 0 saturated carbocycles. The number of benzene rings is 3. The van der Waals surface area contributed by atoms with Crippen molar-refractivity contribution in [2.75, 3.05) is 6.61 Å².